The first kappa shape index (κ1) is 15.3. The van der Waals surface area contributed by atoms with E-state index >= 15 is 0 Å². The van der Waals surface area contributed by atoms with Gasteiger partial charge in [0.1, 0.15) is 5.75 Å². The smallest absolute Gasteiger partial charge is 0.311 e. The second-order valence-electron chi connectivity index (χ2n) is 4.78. The average molecular weight is 324 g/mol. The van der Waals surface area contributed by atoms with E-state index in [9.17, 15) is 14.9 Å². The lowest BCUT2D eigenvalue weighted by Crippen LogP contribution is -2.10. The number of nitrogens with one attached hydrogen (secondary N) is 1. The van der Waals surface area contributed by atoms with Gasteiger partial charge in [0.15, 0.2) is 5.76 Å². The van der Waals surface area contributed by atoms with Crippen LogP contribution in [0.1, 0.15) is 10.6 Å². The average Bonchev–Trinajstić information content (AvgIpc) is 3.11. The van der Waals surface area contributed by atoms with E-state index in [0.717, 1.165) is 0 Å². The van der Waals surface area contributed by atoms with Gasteiger partial charge in [0.05, 0.1) is 11.2 Å². The van der Waals surface area contributed by atoms with Crippen LogP contribution in [0.5, 0.6) is 11.5 Å². The molecule has 24 heavy (non-hydrogen) atoms. The van der Waals surface area contributed by atoms with Crippen molar-refractivity contribution in [1.29, 1.82) is 0 Å². The minimum Gasteiger partial charge on any atom is -0.459 e. The Hall–Kier alpha value is -3.61. The monoisotopic (exact) mass is 324 g/mol. The number of nitro groups is 1. The fourth-order valence-electron chi connectivity index (χ4n) is 2.03. The molecule has 3 aromatic rings. The van der Waals surface area contributed by atoms with E-state index in [1.165, 1.54) is 18.4 Å². The fraction of sp³-hybridized carbons (Fsp3) is 0. The predicted molar refractivity (Wildman–Crippen MR) is 86.3 cm³/mol. The lowest BCUT2D eigenvalue weighted by Gasteiger charge is -2.07. The molecule has 7 nitrogen and oxygen atoms in total. The predicted octanol–water partition coefficient (Wildman–Crippen LogP) is 4.23. The molecule has 0 saturated heterocycles. The van der Waals surface area contributed by atoms with Gasteiger partial charge in [0, 0.05) is 11.8 Å². The van der Waals surface area contributed by atoms with Gasteiger partial charge in [0.2, 0.25) is 5.75 Å². The number of nitro benzene ring substituents is 1. The SMILES string of the molecule is O=C(Nc1ccc(Oc2ccccc2[N+](=O)[O-])cc1)c1ccco1. The van der Waals surface area contributed by atoms with Crippen LogP contribution in [0.25, 0.3) is 0 Å². The quantitative estimate of drug-likeness (QED) is 0.559. The molecule has 7 heteroatoms. The molecule has 0 aliphatic carbocycles. The Morgan fingerprint density at radius 2 is 1.79 bits per heavy atom. The summed E-state index contributed by atoms with van der Waals surface area (Å²) in [5.41, 5.74) is 0.430. The minimum absolute atomic E-state index is 0.118. The van der Waals surface area contributed by atoms with Gasteiger partial charge in [0.25, 0.3) is 5.91 Å². The summed E-state index contributed by atoms with van der Waals surface area (Å²) >= 11 is 0. The fourth-order valence-corrected chi connectivity index (χ4v) is 2.03. The maximum absolute atomic E-state index is 11.9. The summed E-state index contributed by atoms with van der Waals surface area (Å²) in [7, 11) is 0. The topological polar surface area (TPSA) is 94.6 Å². The second kappa shape index (κ2) is 6.66. The number of para-hydroxylation sites is 2. The van der Waals surface area contributed by atoms with Gasteiger partial charge < -0.3 is 14.5 Å². The second-order valence-corrected chi connectivity index (χ2v) is 4.78. The molecule has 0 atom stereocenters. The third kappa shape index (κ3) is 3.41. The molecule has 0 unspecified atom stereocenters. The van der Waals surface area contributed by atoms with Gasteiger partial charge in [-0.2, -0.15) is 0 Å². The Bertz CT molecular complexity index is 857. The highest BCUT2D eigenvalue weighted by Gasteiger charge is 2.14. The standard InChI is InChI=1S/C17H12N2O5/c20-17(16-6-3-11-23-16)18-12-7-9-13(10-8-12)24-15-5-2-1-4-14(15)19(21)22/h1-11H,(H,18,20). The normalized spacial score (nSPS) is 10.2. The Balaban J connectivity index is 1.71. The number of carbonyl (C=O) groups excluding carboxylic acids is 1. The van der Waals surface area contributed by atoms with Crippen LogP contribution in [0.3, 0.4) is 0 Å². The van der Waals surface area contributed by atoms with Crippen LogP contribution in [0.4, 0.5) is 11.4 Å². The molecule has 1 amide bonds. The summed E-state index contributed by atoms with van der Waals surface area (Å²) in [5, 5.41) is 13.6. The molecule has 0 aliphatic heterocycles. The minimum atomic E-state index is -0.507. The highest BCUT2D eigenvalue weighted by molar-refractivity contribution is 6.02. The summed E-state index contributed by atoms with van der Waals surface area (Å²) in [5.74, 6) is 0.401. The van der Waals surface area contributed by atoms with Gasteiger partial charge in [-0.3, -0.25) is 14.9 Å². The van der Waals surface area contributed by atoms with E-state index in [1.54, 1.807) is 48.5 Å². The van der Waals surface area contributed by atoms with Crippen molar-refractivity contribution in [2.75, 3.05) is 5.32 Å². The first-order valence-electron chi connectivity index (χ1n) is 7.00. The van der Waals surface area contributed by atoms with Gasteiger partial charge in [-0.25, -0.2) is 0 Å². The van der Waals surface area contributed by atoms with E-state index in [2.05, 4.69) is 5.32 Å². The zero-order valence-electron chi connectivity index (χ0n) is 12.3. The molecule has 0 aliphatic rings. The molecular weight excluding hydrogens is 312 g/mol. The van der Waals surface area contributed by atoms with Crippen molar-refractivity contribution in [3.05, 3.63) is 82.8 Å². The van der Waals surface area contributed by atoms with E-state index in [-0.39, 0.29) is 23.1 Å². The lowest BCUT2D eigenvalue weighted by atomic mass is 10.2. The number of carbonyl (C=O) groups is 1. The third-order valence-corrected chi connectivity index (χ3v) is 3.15. The highest BCUT2D eigenvalue weighted by atomic mass is 16.6. The molecule has 0 radical (unpaired) electrons. The molecular formula is C17H12N2O5. The van der Waals surface area contributed by atoms with Crippen LogP contribution in [-0.4, -0.2) is 10.8 Å². The summed E-state index contributed by atoms with van der Waals surface area (Å²) in [4.78, 5) is 22.3. The van der Waals surface area contributed by atoms with Gasteiger partial charge in [-0.15, -0.1) is 0 Å². The highest BCUT2D eigenvalue weighted by Crippen LogP contribution is 2.31. The molecule has 0 saturated carbocycles. The van der Waals surface area contributed by atoms with Gasteiger partial charge >= 0.3 is 5.69 Å². The molecule has 2 aromatic carbocycles. The van der Waals surface area contributed by atoms with Crippen LogP contribution in [0, 0.1) is 10.1 Å². The summed E-state index contributed by atoms with van der Waals surface area (Å²) in [6, 6.07) is 15.8. The maximum Gasteiger partial charge on any atom is 0.311 e. The van der Waals surface area contributed by atoms with Crippen molar-refractivity contribution in [2.45, 2.75) is 0 Å². The number of amides is 1. The molecule has 0 spiro atoms. The molecule has 0 fully saturated rings. The molecule has 3 rings (SSSR count). The number of hydrogen-bond donors (Lipinski definition) is 1. The van der Waals surface area contributed by atoms with Crippen molar-refractivity contribution in [3.63, 3.8) is 0 Å². The van der Waals surface area contributed by atoms with Crippen molar-refractivity contribution in [2.24, 2.45) is 0 Å². The van der Waals surface area contributed by atoms with Crippen molar-refractivity contribution >= 4 is 17.3 Å². The summed E-state index contributed by atoms with van der Waals surface area (Å²) in [6.45, 7) is 0. The van der Waals surface area contributed by atoms with E-state index in [1.807, 2.05) is 0 Å². The zero-order valence-corrected chi connectivity index (χ0v) is 12.3. The Morgan fingerprint density at radius 3 is 2.46 bits per heavy atom. The Kier molecular flexibility index (Phi) is 4.24. The van der Waals surface area contributed by atoms with Crippen LogP contribution in [0.15, 0.2) is 71.3 Å². The largest absolute Gasteiger partial charge is 0.459 e. The summed E-state index contributed by atoms with van der Waals surface area (Å²) < 4.78 is 10.5. The van der Waals surface area contributed by atoms with E-state index in [0.29, 0.717) is 11.4 Å². The van der Waals surface area contributed by atoms with Gasteiger partial charge in [-0.1, -0.05) is 12.1 Å². The molecule has 0 bridgehead atoms. The number of hydrogen-bond acceptors (Lipinski definition) is 5. The number of ether oxygens (including phenoxy) is 1. The third-order valence-electron chi connectivity index (χ3n) is 3.15. The Labute approximate surface area is 136 Å². The number of benzene rings is 2. The lowest BCUT2D eigenvalue weighted by molar-refractivity contribution is -0.385. The van der Waals surface area contributed by atoms with Crippen LogP contribution in [-0.2, 0) is 0 Å². The molecule has 1 heterocycles. The van der Waals surface area contributed by atoms with E-state index < -0.39 is 4.92 Å². The van der Waals surface area contributed by atoms with E-state index in [4.69, 9.17) is 9.15 Å². The van der Waals surface area contributed by atoms with Gasteiger partial charge in [-0.05, 0) is 42.5 Å². The zero-order chi connectivity index (χ0) is 16.9. The Morgan fingerprint density at radius 1 is 1.04 bits per heavy atom. The first-order chi connectivity index (χ1) is 11.6. The van der Waals surface area contributed by atoms with Crippen LogP contribution in [0.2, 0.25) is 0 Å². The number of nitrogens with zero attached hydrogens (tertiary/aromatic N) is 1. The summed E-state index contributed by atoms with van der Waals surface area (Å²) in [6.07, 6.45) is 1.42. The van der Waals surface area contributed by atoms with Crippen molar-refractivity contribution in [1.82, 2.24) is 0 Å². The van der Waals surface area contributed by atoms with Crippen LogP contribution >= 0.6 is 0 Å². The first-order valence-corrected chi connectivity index (χ1v) is 7.00. The van der Waals surface area contributed by atoms with Crippen LogP contribution < -0.4 is 10.1 Å². The number of anilines is 1. The molecule has 1 aromatic heterocycles. The molecule has 120 valence electrons. The molecule has 1 N–H and O–H groups in total. The number of furan rings is 1. The number of rotatable bonds is 5. The van der Waals surface area contributed by atoms with Crippen molar-refractivity contribution < 1.29 is 18.9 Å². The van der Waals surface area contributed by atoms with Crippen molar-refractivity contribution in [3.8, 4) is 11.5 Å². The maximum atomic E-state index is 11.9.